The summed E-state index contributed by atoms with van der Waals surface area (Å²) >= 11 is 5.82. The van der Waals surface area contributed by atoms with Crippen molar-refractivity contribution in [1.82, 2.24) is 9.80 Å². The Kier molecular flexibility index (Phi) is 4.39. The first-order valence-corrected chi connectivity index (χ1v) is 6.55. The van der Waals surface area contributed by atoms with E-state index in [-0.39, 0.29) is 17.5 Å². The molecule has 0 saturated carbocycles. The molecule has 2 rings (SSSR count). The largest absolute Gasteiger partial charge is 0.332 e. The highest BCUT2D eigenvalue weighted by Crippen LogP contribution is 2.19. The van der Waals surface area contributed by atoms with Gasteiger partial charge in [0.1, 0.15) is 5.82 Å². The van der Waals surface area contributed by atoms with Crippen LogP contribution in [0.4, 0.5) is 4.39 Å². The van der Waals surface area contributed by atoms with E-state index in [4.69, 9.17) is 17.3 Å². The van der Waals surface area contributed by atoms with Crippen molar-refractivity contribution in [3.05, 3.63) is 34.6 Å². The molecule has 19 heavy (non-hydrogen) atoms. The van der Waals surface area contributed by atoms with E-state index < -0.39 is 5.82 Å². The lowest BCUT2D eigenvalue weighted by Crippen LogP contribution is -2.56. The summed E-state index contributed by atoms with van der Waals surface area (Å²) in [5.74, 6) is -0.896. The molecule has 1 fully saturated rings. The van der Waals surface area contributed by atoms with E-state index in [9.17, 15) is 9.18 Å². The first-order chi connectivity index (χ1) is 9.02. The third-order valence-electron chi connectivity index (χ3n) is 3.38. The zero-order valence-electron chi connectivity index (χ0n) is 10.8. The second-order valence-corrected chi connectivity index (χ2v) is 5.21. The number of nitrogens with zero attached hydrogens (tertiary/aromatic N) is 2. The summed E-state index contributed by atoms with van der Waals surface area (Å²) < 4.78 is 13.7. The van der Waals surface area contributed by atoms with Crippen LogP contribution in [0.25, 0.3) is 0 Å². The van der Waals surface area contributed by atoms with Gasteiger partial charge in [-0.3, -0.25) is 4.79 Å². The van der Waals surface area contributed by atoms with Gasteiger partial charge in [0.2, 0.25) is 0 Å². The Hall–Kier alpha value is -1.17. The van der Waals surface area contributed by atoms with Crippen molar-refractivity contribution in [2.24, 2.45) is 5.73 Å². The van der Waals surface area contributed by atoms with Crippen molar-refractivity contribution in [3.8, 4) is 0 Å². The predicted octanol–water partition coefficient (Wildman–Crippen LogP) is 1.19. The average Bonchev–Trinajstić information content (AvgIpc) is 2.40. The van der Waals surface area contributed by atoms with Gasteiger partial charge < -0.3 is 15.5 Å². The molecule has 6 heteroatoms. The van der Waals surface area contributed by atoms with Crippen molar-refractivity contribution in [3.63, 3.8) is 0 Å². The summed E-state index contributed by atoms with van der Waals surface area (Å²) in [6.07, 6.45) is 0. The zero-order valence-corrected chi connectivity index (χ0v) is 11.5. The minimum Gasteiger partial charge on any atom is -0.332 e. The number of carbonyl (C=O) groups is 1. The van der Waals surface area contributed by atoms with E-state index in [1.807, 2.05) is 7.05 Å². The Morgan fingerprint density at radius 3 is 2.95 bits per heavy atom. The maximum Gasteiger partial charge on any atom is 0.257 e. The third-order valence-corrected chi connectivity index (χ3v) is 3.61. The molecule has 1 aromatic rings. The SMILES string of the molecule is CN1CCN(C(=O)c2cc(Cl)ccc2F)C(CN)C1. The summed E-state index contributed by atoms with van der Waals surface area (Å²) in [4.78, 5) is 16.1. The van der Waals surface area contributed by atoms with Crippen LogP contribution in [0.3, 0.4) is 0 Å². The fourth-order valence-corrected chi connectivity index (χ4v) is 2.47. The number of rotatable bonds is 2. The van der Waals surface area contributed by atoms with Crippen LogP contribution in [0.15, 0.2) is 18.2 Å². The van der Waals surface area contributed by atoms with Gasteiger partial charge in [-0.05, 0) is 25.2 Å². The third kappa shape index (κ3) is 3.05. The van der Waals surface area contributed by atoms with Crippen LogP contribution >= 0.6 is 11.6 Å². The molecule has 1 unspecified atom stereocenters. The summed E-state index contributed by atoms with van der Waals surface area (Å²) in [7, 11) is 1.98. The van der Waals surface area contributed by atoms with E-state index in [1.165, 1.54) is 18.2 Å². The van der Waals surface area contributed by atoms with Crippen molar-refractivity contribution in [2.45, 2.75) is 6.04 Å². The maximum atomic E-state index is 13.7. The van der Waals surface area contributed by atoms with Crippen molar-refractivity contribution in [2.75, 3.05) is 33.2 Å². The molecule has 1 atom stereocenters. The Bertz CT molecular complexity index is 483. The number of nitrogens with two attached hydrogens (primary N) is 1. The molecular weight excluding hydrogens is 269 g/mol. The number of amides is 1. The molecule has 0 spiro atoms. The Balaban J connectivity index is 2.25. The summed E-state index contributed by atoms with van der Waals surface area (Å²) in [5.41, 5.74) is 5.71. The standard InChI is InChI=1S/C13H17ClFN3O/c1-17-4-5-18(10(7-16)8-17)13(19)11-6-9(14)2-3-12(11)15/h2-3,6,10H,4-5,7-8,16H2,1H3. The van der Waals surface area contributed by atoms with Crippen molar-refractivity contribution >= 4 is 17.5 Å². The number of benzene rings is 1. The van der Waals surface area contributed by atoms with Crippen molar-refractivity contribution < 1.29 is 9.18 Å². The number of piperazine rings is 1. The van der Waals surface area contributed by atoms with Crippen LogP contribution in [0.1, 0.15) is 10.4 Å². The summed E-state index contributed by atoms with van der Waals surface area (Å²) in [6.45, 7) is 2.36. The van der Waals surface area contributed by atoms with E-state index in [0.29, 0.717) is 24.7 Å². The molecule has 1 aliphatic rings. The molecule has 1 aromatic carbocycles. The molecule has 0 radical (unpaired) electrons. The first kappa shape index (κ1) is 14.2. The fourth-order valence-electron chi connectivity index (χ4n) is 2.30. The Labute approximate surface area is 116 Å². The van der Waals surface area contributed by atoms with Crippen LogP contribution in [-0.4, -0.2) is 55.0 Å². The molecule has 4 nitrogen and oxygen atoms in total. The van der Waals surface area contributed by atoms with E-state index in [0.717, 1.165) is 6.54 Å². The van der Waals surface area contributed by atoms with Crippen molar-refractivity contribution in [1.29, 1.82) is 0 Å². The molecule has 0 aliphatic carbocycles. The highest BCUT2D eigenvalue weighted by Gasteiger charge is 2.30. The number of hydrogen-bond acceptors (Lipinski definition) is 3. The van der Waals surface area contributed by atoms with Gasteiger partial charge in [-0.25, -0.2) is 4.39 Å². The van der Waals surface area contributed by atoms with Crippen LogP contribution in [0, 0.1) is 5.82 Å². The number of likely N-dealkylation sites (N-methyl/N-ethyl adjacent to an activating group) is 1. The van der Waals surface area contributed by atoms with E-state index >= 15 is 0 Å². The maximum absolute atomic E-state index is 13.7. The molecule has 0 bridgehead atoms. The minimum atomic E-state index is -0.552. The number of halogens is 2. The van der Waals surface area contributed by atoms with Crippen LogP contribution in [0.5, 0.6) is 0 Å². The van der Waals surface area contributed by atoms with Gasteiger partial charge in [0, 0.05) is 31.2 Å². The molecule has 104 valence electrons. The predicted molar refractivity (Wildman–Crippen MR) is 72.8 cm³/mol. The number of carbonyl (C=O) groups excluding carboxylic acids is 1. The lowest BCUT2D eigenvalue weighted by Gasteiger charge is -2.39. The van der Waals surface area contributed by atoms with Gasteiger partial charge in [0.25, 0.3) is 5.91 Å². The Morgan fingerprint density at radius 1 is 1.53 bits per heavy atom. The van der Waals surface area contributed by atoms with E-state index in [1.54, 1.807) is 4.90 Å². The van der Waals surface area contributed by atoms with Gasteiger partial charge >= 0.3 is 0 Å². The van der Waals surface area contributed by atoms with Gasteiger partial charge in [-0.2, -0.15) is 0 Å². The average molecular weight is 286 g/mol. The lowest BCUT2D eigenvalue weighted by atomic mass is 10.1. The Morgan fingerprint density at radius 2 is 2.26 bits per heavy atom. The molecule has 2 N–H and O–H groups in total. The van der Waals surface area contributed by atoms with Crippen LogP contribution in [0.2, 0.25) is 5.02 Å². The molecule has 0 aromatic heterocycles. The zero-order chi connectivity index (χ0) is 14.0. The van der Waals surface area contributed by atoms with Crippen LogP contribution < -0.4 is 5.73 Å². The van der Waals surface area contributed by atoms with Gasteiger partial charge in [-0.15, -0.1) is 0 Å². The topological polar surface area (TPSA) is 49.6 Å². The molecular formula is C13H17ClFN3O. The molecule has 1 saturated heterocycles. The minimum absolute atomic E-state index is 0.00973. The number of hydrogen-bond donors (Lipinski definition) is 1. The van der Waals surface area contributed by atoms with Gasteiger partial charge in [0.05, 0.1) is 11.6 Å². The lowest BCUT2D eigenvalue weighted by molar-refractivity contribution is 0.0511. The van der Waals surface area contributed by atoms with Gasteiger partial charge in [0.15, 0.2) is 0 Å². The monoisotopic (exact) mass is 285 g/mol. The summed E-state index contributed by atoms with van der Waals surface area (Å²) in [6, 6.07) is 3.91. The normalized spacial score (nSPS) is 20.6. The molecule has 1 aliphatic heterocycles. The molecule has 1 amide bonds. The molecule has 1 heterocycles. The van der Waals surface area contributed by atoms with E-state index in [2.05, 4.69) is 4.90 Å². The summed E-state index contributed by atoms with van der Waals surface area (Å²) in [5, 5.41) is 0.350. The van der Waals surface area contributed by atoms with Gasteiger partial charge in [-0.1, -0.05) is 11.6 Å². The quantitative estimate of drug-likeness (QED) is 0.888. The smallest absolute Gasteiger partial charge is 0.257 e. The fraction of sp³-hybridized carbons (Fsp3) is 0.462. The second kappa shape index (κ2) is 5.86. The highest BCUT2D eigenvalue weighted by molar-refractivity contribution is 6.31. The van der Waals surface area contributed by atoms with Crippen LogP contribution in [-0.2, 0) is 0 Å². The first-order valence-electron chi connectivity index (χ1n) is 6.17. The highest BCUT2D eigenvalue weighted by atomic mass is 35.5. The second-order valence-electron chi connectivity index (χ2n) is 4.77.